The number of amides is 1. The van der Waals surface area contributed by atoms with E-state index in [2.05, 4.69) is 25.8 Å². The van der Waals surface area contributed by atoms with Crippen LogP contribution in [-0.4, -0.2) is 49.1 Å². The van der Waals surface area contributed by atoms with Crippen LogP contribution in [0.1, 0.15) is 15.2 Å². The molecule has 1 aliphatic heterocycles. The summed E-state index contributed by atoms with van der Waals surface area (Å²) in [6, 6.07) is 7.78. The summed E-state index contributed by atoms with van der Waals surface area (Å²) < 4.78 is 6.41. The van der Waals surface area contributed by atoms with Crippen LogP contribution in [0.4, 0.5) is 5.82 Å². The van der Waals surface area contributed by atoms with Crippen molar-refractivity contribution < 1.29 is 9.53 Å². The lowest BCUT2D eigenvalue weighted by molar-refractivity contribution is 0.0786. The molecule has 0 N–H and O–H groups in total. The maximum atomic E-state index is 12.5. The van der Waals surface area contributed by atoms with Crippen molar-refractivity contribution in [2.45, 2.75) is 6.54 Å². The zero-order valence-corrected chi connectivity index (χ0v) is 15.3. The minimum absolute atomic E-state index is 0.0180. The Bertz CT molecular complexity index is 668. The first-order valence-electron chi connectivity index (χ1n) is 7.42. The highest BCUT2D eigenvalue weighted by Crippen LogP contribution is 2.23. The van der Waals surface area contributed by atoms with Gasteiger partial charge in [0.15, 0.2) is 0 Å². The average molecular weight is 396 g/mol. The zero-order valence-electron chi connectivity index (χ0n) is 12.9. The van der Waals surface area contributed by atoms with E-state index in [1.807, 2.05) is 31.3 Å². The first-order chi connectivity index (χ1) is 11.1. The molecular formula is C16H18BrN3O2S. The third kappa shape index (κ3) is 4.10. The van der Waals surface area contributed by atoms with Crippen molar-refractivity contribution in [2.24, 2.45) is 0 Å². The second-order valence-corrected chi connectivity index (χ2v) is 7.92. The molecule has 0 aromatic carbocycles. The van der Waals surface area contributed by atoms with Crippen LogP contribution in [0.25, 0.3) is 0 Å². The van der Waals surface area contributed by atoms with Crippen molar-refractivity contribution in [2.75, 3.05) is 38.3 Å². The molecule has 0 spiro atoms. The summed E-state index contributed by atoms with van der Waals surface area (Å²) >= 11 is 5.08. The predicted octanol–water partition coefficient (Wildman–Crippen LogP) is 3.01. The minimum atomic E-state index is -0.0180. The SMILES string of the molecule is CN(Cc1ccc(Br)s1)C(=O)c1ccc(N2CCOCC2)nc1. The second kappa shape index (κ2) is 7.42. The molecule has 0 atom stereocenters. The van der Waals surface area contributed by atoms with Gasteiger partial charge in [0.1, 0.15) is 5.82 Å². The van der Waals surface area contributed by atoms with Crippen molar-refractivity contribution in [3.05, 3.63) is 44.7 Å². The Morgan fingerprint density at radius 1 is 1.35 bits per heavy atom. The zero-order chi connectivity index (χ0) is 16.2. The van der Waals surface area contributed by atoms with Gasteiger partial charge in [0.25, 0.3) is 5.91 Å². The molecule has 0 saturated carbocycles. The van der Waals surface area contributed by atoms with Gasteiger partial charge in [-0.25, -0.2) is 4.98 Å². The van der Waals surface area contributed by atoms with Crippen molar-refractivity contribution in [3.8, 4) is 0 Å². The van der Waals surface area contributed by atoms with E-state index in [-0.39, 0.29) is 5.91 Å². The van der Waals surface area contributed by atoms with Crippen molar-refractivity contribution in [1.82, 2.24) is 9.88 Å². The van der Waals surface area contributed by atoms with Gasteiger partial charge in [-0.2, -0.15) is 0 Å². The number of thiophene rings is 1. The molecule has 122 valence electrons. The van der Waals surface area contributed by atoms with Crippen LogP contribution in [0.15, 0.2) is 34.2 Å². The molecule has 3 heterocycles. The molecule has 23 heavy (non-hydrogen) atoms. The second-order valence-electron chi connectivity index (χ2n) is 5.37. The number of aromatic nitrogens is 1. The molecule has 0 bridgehead atoms. The van der Waals surface area contributed by atoms with Crippen molar-refractivity contribution in [1.29, 1.82) is 0 Å². The Hall–Kier alpha value is -1.44. The third-order valence-corrected chi connectivity index (χ3v) is 5.31. The normalized spacial score (nSPS) is 14.8. The molecule has 2 aromatic rings. The van der Waals surface area contributed by atoms with Crippen LogP contribution in [0.5, 0.6) is 0 Å². The van der Waals surface area contributed by atoms with E-state index in [1.165, 1.54) is 0 Å². The number of ether oxygens (including phenoxy) is 1. The van der Waals surface area contributed by atoms with Crippen LogP contribution < -0.4 is 4.90 Å². The first kappa shape index (κ1) is 16.4. The summed E-state index contributed by atoms with van der Waals surface area (Å²) in [5.74, 6) is 0.880. The monoisotopic (exact) mass is 395 g/mol. The van der Waals surface area contributed by atoms with E-state index >= 15 is 0 Å². The number of morpholine rings is 1. The number of anilines is 1. The number of hydrogen-bond donors (Lipinski definition) is 0. The highest BCUT2D eigenvalue weighted by molar-refractivity contribution is 9.11. The lowest BCUT2D eigenvalue weighted by Crippen LogP contribution is -2.36. The van der Waals surface area contributed by atoms with E-state index < -0.39 is 0 Å². The van der Waals surface area contributed by atoms with E-state index in [9.17, 15) is 4.79 Å². The summed E-state index contributed by atoms with van der Waals surface area (Å²) in [5.41, 5.74) is 0.611. The van der Waals surface area contributed by atoms with Crippen molar-refractivity contribution >= 4 is 39.0 Å². The molecule has 1 fully saturated rings. The van der Waals surface area contributed by atoms with Gasteiger partial charge in [-0.1, -0.05) is 0 Å². The van der Waals surface area contributed by atoms with Crippen LogP contribution in [-0.2, 0) is 11.3 Å². The highest BCUT2D eigenvalue weighted by atomic mass is 79.9. The summed E-state index contributed by atoms with van der Waals surface area (Å²) in [6.45, 7) is 3.73. The van der Waals surface area contributed by atoms with Gasteiger partial charge in [-0.05, 0) is 40.2 Å². The maximum absolute atomic E-state index is 12.5. The van der Waals surface area contributed by atoms with Gasteiger partial charge in [-0.15, -0.1) is 11.3 Å². The molecule has 1 amide bonds. The number of nitrogens with zero attached hydrogens (tertiary/aromatic N) is 3. The topological polar surface area (TPSA) is 45.7 Å². The van der Waals surface area contributed by atoms with E-state index in [4.69, 9.17) is 4.74 Å². The van der Waals surface area contributed by atoms with Crippen LogP contribution in [0.3, 0.4) is 0 Å². The standard InChI is InChI=1S/C16H18BrN3O2S/c1-19(11-13-3-4-14(17)23-13)16(21)12-2-5-15(18-10-12)20-6-8-22-9-7-20/h2-5,10H,6-9,11H2,1H3. The van der Waals surface area contributed by atoms with E-state index in [0.717, 1.165) is 40.8 Å². The Morgan fingerprint density at radius 3 is 2.74 bits per heavy atom. The third-order valence-electron chi connectivity index (χ3n) is 3.70. The summed E-state index contributed by atoms with van der Waals surface area (Å²) in [4.78, 5) is 22.0. The Morgan fingerprint density at radius 2 is 2.13 bits per heavy atom. The van der Waals surface area contributed by atoms with Crippen molar-refractivity contribution in [3.63, 3.8) is 0 Å². The predicted molar refractivity (Wildman–Crippen MR) is 95.1 cm³/mol. The maximum Gasteiger partial charge on any atom is 0.255 e. The number of carbonyl (C=O) groups excluding carboxylic acids is 1. The fraction of sp³-hybridized carbons (Fsp3) is 0.375. The number of halogens is 1. The van der Waals surface area contributed by atoms with Crippen LogP contribution in [0, 0.1) is 0 Å². The fourth-order valence-electron chi connectivity index (χ4n) is 2.45. The van der Waals surface area contributed by atoms with Crippen LogP contribution >= 0.6 is 27.3 Å². The first-order valence-corrected chi connectivity index (χ1v) is 9.03. The molecule has 0 aliphatic carbocycles. The molecule has 7 heteroatoms. The van der Waals surface area contributed by atoms with Gasteiger partial charge < -0.3 is 14.5 Å². The Balaban J connectivity index is 1.64. The summed E-state index contributed by atoms with van der Waals surface area (Å²) in [5, 5.41) is 0. The molecular weight excluding hydrogens is 378 g/mol. The van der Waals surface area contributed by atoms with Crippen LogP contribution in [0.2, 0.25) is 0 Å². The van der Waals surface area contributed by atoms with Gasteiger partial charge in [0, 0.05) is 31.2 Å². The molecule has 3 rings (SSSR count). The Labute approximate surface area is 148 Å². The molecule has 2 aromatic heterocycles. The lowest BCUT2D eigenvalue weighted by Gasteiger charge is -2.27. The van der Waals surface area contributed by atoms with Gasteiger partial charge in [0.05, 0.1) is 29.1 Å². The quantitative estimate of drug-likeness (QED) is 0.797. The Kier molecular flexibility index (Phi) is 5.30. The molecule has 1 aliphatic rings. The lowest BCUT2D eigenvalue weighted by atomic mass is 10.2. The molecule has 0 radical (unpaired) electrons. The molecule has 1 saturated heterocycles. The minimum Gasteiger partial charge on any atom is -0.378 e. The number of carbonyl (C=O) groups is 1. The van der Waals surface area contributed by atoms with Gasteiger partial charge in [0.2, 0.25) is 0 Å². The number of rotatable bonds is 4. The summed E-state index contributed by atoms with van der Waals surface area (Å²) in [7, 11) is 1.81. The number of pyridine rings is 1. The molecule has 0 unspecified atom stereocenters. The smallest absolute Gasteiger partial charge is 0.255 e. The highest BCUT2D eigenvalue weighted by Gasteiger charge is 2.16. The van der Waals surface area contributed by atoms with Gasteiger partial charge >= 0.3 is 0 Å². The average Bonchev–Trinajstić information content (AvgIpc) is 3.00. The summed E-state index contributed by atoms with van der Waals surface area (Å²) in [6.07, 6.45) is 1.66. The fourth-order valence-corrected chi connectivity index (χ4v) is 3.99. The van der Waals surface area contributed by atoms with E-state index in [1.54, 1.807) is 22.4 Å². The van der Waals surface area contributed by atoms with Gasteiger partial charge in [-0.3, -0.25) is 4.79 Å². The largest absolute Gasteiger partial charge is 0.378 e. The number of hydrogen-bond acceptors (Lipinski definition) is 5. The molecule has 5 nitrogen and oxygen atoms in total. The van der Waals surface area contributed by atoms with E-state index in [0.29, 0.717) is 12.1 Å².